The summed E-state index contributed by atoms with van der Waals surface area (Å²) in [7, 11) is -2.12. The average molecular weight is 407 g/mol. The third kappa shape index (κ3) is 5.78. The summed E-state index contributed by atoms with van der Waals surface area (Å²) >= 11 is 0. The first-order valence-electron chi connectivity index (χ1n) is 8.92. The number of thiol groups is 1. The van der Waals surface area contributed by atoms with Gasteiger partial charge < -0.3 is 15.7 Å². The van der Waals surface area contributed by atoms with Crippen molar-refractivity contribution in [1.29, 1.82) is 4.78 Å². The molecule has 0 bridgehead atoms. The van der Waals surface area contributed by atoms with Crippen LogP contribution < -0.4 is 10.6 Å². The fourth-order valence-corrected chi connectivity index (χ4v) is 2.81. The first kappa shape index (κ1) is 20.3. The number of hydrogen-bond acceptors (Lipinski definition) is 7. The van der Waals surface area contributed by atoms with Gasteiger partial charge in [0.1, 0.15) is 5.82 Å². The van der Waals surface area contributed by atoms with Crippen LogP contribution in [0.3, 0.4) is 0 Å². The maximum atomic E-state index is 11.2. The van der Waals surface area contributed by atoms with Crippen LogP contribution in [0.1, 0.15) is 18.1 Å². The standard InChI is InChI=1S/C21H21N5O2S/c1-15(14-27)24-20-17(8-7-16-5-3-2-4-6-16)13-23-21(26-20)25-18-9-11-19(12-10-18)29(22)28/h2-6,9-13,15,22,27,29H,14H2,1H3,(H2,23,24,25,26)/t15-/m1/s1. The first-order valence-corrected chi connectivity index (χ1v) is 10.2. The predicted octanol–water partition coefficient (Wildman–Crippen LogP) is 3.01. The molecule has 0 spiro atoms. The molecule has 0 aliphatic heterocycles. The summed E-state index contributed by atoms with van der Waals surface area (Å²) < 4.78 is 18.5. The summed E-state index contributed by atoms with van der Waals surface area (Å²) in [5, 5.41) is 15.6. The number of nitrogens with one attached hydrogen (secondary N) is 3. The van der Waals surface area contributed by atoms with Crippen LogP contribution in [-0.4, -0.2) is 31.9 Å². The van der Waals surface area contributed by atoms with Gasteiger partial charge in [-0.2, -0.15) is 4.98 Å². The van der Waals surface area contributed by atoms with Gasteiger partial charge in [0.2, 0.25) is 5.95 Å². The van der Waals surface area contributed by atoms with E-state index in [0.29, 0.717) is 27.9 Å². The Hall–Kier alpha value is -3.41. The van der Waals surface area contributed by atoms with Crippen molar-refractivity contribution >= 4 is 28.0 Å². The van der Waals surface area contributed by atoms with Crippen LogP contribution in [0.15, 0.2) is 65.7 Å². The van der Waals surface area contributed by atoms with Crippen molar-refractivity contribution in [2.24, 2.45) is 0 Å². The summed E-state index contributed by atoms with van der Waals surface area (Å²) in [6, 6.07) is 16.1. The van der Waals surface area contributed by atoms with E-state index in [0.717, 1.165) is 5.56 Å². The monoisotopic (exact) mass is 407 g/mol. The van der Waals surface area contributed by atoms with E-state index in [2.05, 4.69) is 32.4 Å². The third-order valence-corrected chi connectivity index (χ3v) is 4.69. The number of benzene rings is 2. The fourth-order valence-electron chi connectivity index (χ4n) is 2.39. The van der Waals surface area contributed by atoms with E-state index in [1.54, 1.807) is 30.5 Å². The minimum absolute atomic E-state index is 0.0505. The second-order valence-corrected chi connectivity index (χ2v) is 7.37. The molecule has 148 valence electrons. The second kappa shape index (κ2) is 9.68. The number of rotatable bonds is 6. The number of hydrogen-bond donors (Lipinski definition) is 5. The highest BCUT2D eigenvalue weighted by atomic mass is 32.2. The van der Waals surface area contributed by atoms with E-state index >= 15 is 0 Å². The van der Waals surface area contributed by atoms with E-state index in [1.165, 1.54) is 0 Å². The maximum Gasteiger partial charge on any atom is 0.229 e. The molecule has 3 rings (SSSR count). The molecule has 2 aromatic carbocycles. The van der Waals surface area contributed by atoms with Gasteiger partial charge >= 0.3 is 0 Å². The lowest BCUT2D eigenvalue weighted by atomic mass is 10.2. The molecule has 0 radical (unpaired) electrons. The van der Waals surface area contributed by atoms with Crippen molar-refractivity contribution in [3.05, 3.63) is 71.9 Å². The molecule has 8 heteroatoms. The fraction of sp³-hybridized carbons (Fsp3) is 0.143. The molecule has 1 heterocycles. The predicted molar refractivity (Wildman–Crippen MR) is 115 cm³/mol. The van der Waals surface area contributed by atoms with Gasteiger partial charge in [0, 0.05) is 22.2 Å². The van der Waals surface area contributed by atoms with E-state index < -0.39 is 10.6 Å². The molecule has 0 saturated carbocycles. The lowest BCUT2D eigenvalue weighted by Gasteiger charge is -2.14. The zero-order valence-electron chi connectivity index (χ0n) is 15.8. The van der Waals surface area contributed by atoms with Crippen molar-refractivity contribution in [1.82, 2.24) is 9.97 Å². The normalized spacial score (nSPS) is 12.3. The SMILES string of the molecule is C[C@H](CO)Nc1nc(Nc2ccc([SH](=N)=O)cc2)ncc1C#Cc1ccccc1. The van der Waals surface area contributed by atoms with Gasteiger partial charge in [0.15, 0.2) is 0 Å². The van der Waals surface area contributed by atoms with Gasteiger partial charge in [0.05, 0.1) is 29.0 Å². The highest BCUT2D eigenvalue weighted by Crippen LogP contribution is 2.19. The molecule has 4 N–H and O–H groups in total. The molecule has 29 heavy (non-hydrogen) atoms. The van der Waals surface area contributed by atoms with E-state index in [4.69, 9.17) is 4.78 Å². The molecule has 0 aliphatic rings. The van der Waals surface area contributed by atoms with Crippen LogP contribution in [0.4, 0.5) is 17.5 Å². The van der Waals surface area contributed by atoms with Crippen LogP contribution in [0.25, 0.3) is 0 Å². The first-order chi connectivity index (χ1) is 14.0. The smallest absolute Gasteiger partial charge is 0.229 e. The zero-order chi connectivity index (χ0) is 20.6. The van der Waals surface area contributed by atoms with Crippen LogP contribution in [0.5, 0.6) is 0 Å². The lowest BCUT2D eigenvalue weighted by molar-refractivity contribution is 0.281. The van der Waals surface area contributed by atoms with Gasteiger partial charge in [0.25, 0.3) is 0 Å². The van der Waals surface area contributed by atoms with Crippen molar-refractivity contribution < 1.29 is 9.32 Å². The van der Waals surface area contributed by atoms with E-state index in [9.17, 15) is 9.32 Å². The molecule has 3 aromatic rings. The number of aliphatic hydroxyl groups excluding tert-OH is 1. The quantitative estimate of drug-likeness (QED) is 0.317. The largest absolute Gasteiger partial charge is 0.394 e. The number of anilines is 3. The molecule has 0 saturated heterocycles. The Morgan fingerprint density at radius 3 is 2.52 bits per heavy atom. The van der Waals surface area contributed by atoms with E-state index in [-0.39, 0.29) is 12.6 Å². The Balaban J connectivity index is 1.87. The van der Waals surface area contributed by atoms with Crippen LogP contribution in [0, 0.1) is 16.6 Å². The van der Waals surface area contributed by atoms with E-state index in [1.807, 2.05) is 37.3 Å². The zero-order valence-corrected chi connectivity index (χ0v) is 16.6. The van der Waals surface area contributed by atoms with Crippen molar-refractivity contribution in [3.8, 4) is 11.8 Å². The molecule has 1 aromatic heterocycles. The molecule has 0 amide bonds. The average Bonchev–Trinajstić information content (AvgIpc) is 2.74. The molecule has 0 fully saturated rings. The van der Waals surface area contributed by atoms with Gasteiger partial charge in [-0.05, 0) is 43.3 Å². The van der Waals surface area contributed by atoms with Crippen LogP contribution in [0.2, 0.25) is 0 Å². The Morgan fingerprint density at radius 2 is 1.86 bits per heavy atom. The number of aromatic nitrogens is 2. The summed E-state index contributed by atoms with van der Waals surface area (Å²) in [4.78, 5) is 9.26. The number of nitrogens with zero attached hydrogens (tertiary/aromatic N) is 2. The molecule has 2 atom stereocenters. The highest BCUT2D eigenvalue weighted by molar-refractivity contribution is 7.73. The van der Waals surface area contributed by atoms with Gasteiger partial charge in [-0.15, -0.1) is 0 Å². The minimum Gasteiger partial charge on any atom is -0.394 e. The van der Waals surface area contributed by atoms with Crippen molar-refractivity contribution in [2.75, 3.05) is 17.2 Å². The van der Waals surface area contributed by atoms with Gasteiger partial charge in [-0.25, -0.2) is 9.19 Å². The van der Waals surface area contributed by atoms with Gasteiger partial charge in [-0.1, -0.05) is 30.0 Å². The number of aliphatic hydroxyl groups is 1. The Kier molecular flexibility index (Phi) is 6.79. The molecule has 0 aliphatic carbocycles. The second-order valence-electron chi connectivity index (χ2n) is 6.27. The Bertz CT molecular complexity index is 1100. The van der Waals surface area contributed by atoms with Crippen molar-refractivity contribution in [2.45, 2.75) is 17.9 Å². The summed E-state index contributed by atoms with van der Waals surface area (Å²) in [6.07, 6.45) is 1.62. The van der Waals surface area contributed by atoms with Crippen molar-refractivity contribution in [3.63, 3.8) is 0 Å². The molecule has 1 unspecified atom stereocenters. The Morgan fingerprint density at radius 1 is 1.14 bits per heavy atom. The highest BCUT2D eigenvalue weighted by Gasteiger charge is 2.09. The van der Waals surface area contributed by atoms with Crippen LogP contribution in [-0.2, 0) is 10.6 Å². The Labute approximate surface area is 171 Å². The molecule has 7 nitrogen and oxygen atoms in total. The topological polar surface area (TPSA) is 111 Å². The molecular weight excluding hydrogens is 386 g/mol. The van der Waals surface area contributed by atoms with Gasteiger partial charge in [-0.3, -0.25) is 4.78 Å². The maximum absolute atomic E-state index is 11.2. The minimum atomic E-state index is -2.12. The third-order valence-electron chi connectivity index (χ3n) is 3.92. The molecular formula is C21H21N5O2S. The summed E-state index contributed by atoms with van der Waals surface area (Å²) in [5.74, 6) is 7.01. The summed E-state index contributed by atoms with van der Waals surface area (Å²) in [6.45, 7) is 1.79. The summed E-state index contributed by atoms with van der Waals surface area (Å²) in [5.41, 5.74) is 2.19. The lowest BCUT2D eigenvalue weighted by Crippen LogP contribution is -2.21. The van der Waals surface area contributed by atoms with Crippen LogP contribution >= 0.6 is 0 Å².